The van der Waals surface area contributed by atoms with E-state index in [4.69, 9.17) is 5.73 Å². The molecule has 1 saturated carbocycles. The van der Waals surface area contributed by atoms with Crippen molar-refractivity contribution in [1.29, 1.82) is 0 Å². The summed E-state index contributed by atoms with van der Waals surface area (Å²) in [7, 11) is 0. The van der Waals surface area contributed by atoms with Gasteiger partial charge in [-0.2, -0.15) is 5.10 Å². The molecule has 0 radical (unpaired) electrons. The van der Waals surface area contributed by atoms with Gasteiger partial charge in [-0.25, -0.2) is 0 Å². The maximum Gasteiger partial charge on any atom is 0.148 e. The number of nitrogens with one attached hydrogen (secondary N) is 1. The van der Waals surface area contributed by atoms with Crippen LogP contribution < -0.4 is 5.73 Å². The van der Waals surface area contributed by atoms with E-state index in [2.05, 4.69) is 24.0 Å². The minimum absolute atomic E-state index is 0.357. The molecule has 1 aliphatic rings. The van der Waals surface area contributed by atoms with E-state index in [1.165, 1.54) is 24.1 Å². The van der Waals surface area contributed by atoms with Crippen molar-refractivity contribution < 1.29 is 0 Å². The zero-order chi connectivity index (χ0) is 8.77. The zero-order valence-electron chi connectivity index (χ0n) is 7.65. The molecule has 3 nitrogen and oxygen atoms in total. The maximum absolute atomic E-state index is 5.73. The van der Waals surface area contributed by atoms with Crippen molar-refractivity contribution in [3.63, 3.8) is 0 Å². The van der Waals surface area contributed by atoms with Crippen LogP contribution in [0, 0.1) is 0 Å². The minimum atomic E-state index is 0.357. The molecule has 2 rings (SSSR count). The van der Waals surface area contributed by atoms with Crippen molar-refractivity contribution in [2.45, 2.75) is 38.5 Å². The molecular weight excluding hydrogens is 150 g/mol. The summed E-state index contributed by atoms with van der Waals surface area (Å²) in [6.45, 7) is 4.38. The number of rotatable bonds is 2. The van der Waals surface area contributed by atoms with Gasteiger partial charge in [-0.15, -0.1) is 0 Å². The Morgan fingerprint density at radius 1 is 1.58 bits per heavy atom. The quantitative estimate of drug-likeness (QED) is 0.699. The van der Waals surface area contributed by atoms with Gasteiger partial charge in [0.05, 0.1) is 0 Å². The monoisotopic (exact) mass is 165 g/mol. The zero-order valence-corrected chi connectivity index (χ0v) is 7.65. The molecule has 1 aromatic heterocycles. The Hall–Kier alpha value is -0.990. The highest BCUT2D eigenvalue weighted by atomic mass is 15.2. The number of anilines is 1. The summed E-state index contributed by atoms with van der Waals surface area (Å²) in [6, 6.07) is 0. The van der Waals surface area contributed by atoms with E-state index in [0.29, 0.717) is 11.2 Å². The average Bonchev–Trinajstić information content (AvgIpc) is 2.65. The molecule has 1 heterocycles. The second-order valence-electron chi connectivity index (χ2n) is 3.88. The molecule has 1 aromatic rings. The van der Waals surface area contributed by atoms with Gasteiger partial charge in [0.1, 0.15) is 5.82 Å². The van der Waals surface area contributed by atoms with Crippen LogP contribution in [0.5, 0.6) is 0 Å². The summed E-state index contributed by atoms with van der Waals surface area (Å²) in [6.07, 6.45) is 3.51. The third kappa shape index (κ3) is 0.924. The summed E-state index contributed by atoms with van der Waals surface area (Å²) in [5.74, 6) is 0.681. The summed E-state index contributed by atoms with van der Waals surface area (Å²) in [5.41, 5.74) is 8.57. The fourth-order valence-corrected chi connectivity index (χ4v) is 1.67. The molecule has 0 aromatic carbocycles. The van der Waals surface area contributed by atoms with Crippen LogP contribution in [0.4, 0.5) is 5.82 Å². The molecule has 0 aliphatic heterocycles. The van der Waals surface area contributed by atoms with Crippen molar-refractivity contribution in [3.8, 4) is 0 Å². The van der Waals surface area contributed by atoms with Crippen molar-refractivity contribution >= 4 is 5.82 Å². The van der Waals surface area contributed by atoms with Crippen LogP contribution in [0.1, 0.15) is 37.9 Å². The first-order valence-corrected chi connectivity index (χ1v) is 4.50. The Bertz CT molecular complexity index is 297. The third-order valence-electron chi connectivity index (χ3n) is 2.86. The first kappa shape index (κ1) is 7.65. The number of nitrogens with two attached hydrogens (primary N) is 1. The summed E-state index contributed by atoms with van der Waals surface area (Å²) >= 11 is 0. The van der Waals surface area contributed by atoms with Gasteiger partial charge in [0.15, 0.2) is 0 Å². The van der Waals surface area contributed by atoms with Crippen molar-refractivity contribution in [2.24, 2.45) is 0 Å². The highest BCUT2D eigenvalue weighted by Crippen LogP contribution is 2.48. The van der Waals surface area contributed by atoms with E-state index in [1.54, 1.807) is 0 Å². The molecule has 12 heavy (non-hydrogen) atoms. The molecule has 1 fully saturated rings. The van der Waals surface area contributed by atoms with Gasteiger partial charge < -0.3 is 5.73 Å². The lowest BCUT2D eigenvalue weighted by Gasteiger charge is -2.07. The van der Waals surface area contributed by atoms with Crippen LogP contribution in [0.15, 0.2) is 0 Å². The molecule has 66 valence electrons. The minimum Gasteiger partial charge on any atom is -0.382 e. The highest BCUT2D eigenvalue weighted by Gasteiger charge is 2.42. The van der Waals surface area contributed by atoms with E-state index >= 15 is 0 Å². The predicted molar refractivity (Wildman–Crippen MR) is 49.0 cm³/mol. The lowest BCUT2D eigenvalue weighted by atomic mass is 10.00. The summed E-state index contributed by atoms with van der Waals surface area (Å²) < 4.78 is 0. The van der Waals surface area contributed by atoms with E-state index in [0.717, 1.165) is 6.42 Å². The van der Waals surface area contributed by atoms with Gasteiger partial charge in [0.25, 0.3) is 0 Å². The van der Waals surface area contributed by atoms with Gasteiger partial charge in [-0.05, 0) is 19.3 Å². The first-order valence-electron chi connectivity index (χ1n) is 4.50. The highest BCUT2D eigenvalue weighted by molar-refractivity contribution is 5.46. The second-order valence-corrected chi connectivity index (χ2v) is 3.88. The lowest BCUT2D eigenvalue weighted by Crippen LogP contribution is -2.04. The Morgan fingerprint density at radius 3 is 2.75 bits per heavy atom. The summed E-state index contributed by atoms with van der Waals surface area (Å²) in [4.78, 5) is 0. The number of hydrogen-bond donors (Lipinski definition) is 2. The number of hydrogen-bond acceptors (Lipinski definition) is 2. The molecule has 3 N–H and O–H groups in total. The van der Waals surface area contributed by atoms with E-state index in [-0.39, 0.29) is 0 Å². The number of nitrogen functional groups attached to an aromatic ring is 1. The van der Waals surface area contributed by atoms with Gasteiger partial charge in [-0.1, -0.05) is 13.8 Å². The predicted octanol–water partition coefficient (Wildman–Crippen LogP) is 1.61. The largest absolute Gasteiger partial charge is 0.382 e. The molecule has 0 spiro atoms. The topological polar surface area (TPSA) is 54.7 Å². The van der Waals surface area contributed by atoms with Crippen LogP contribution in [-0.2, 0) is 11.8 Å². The van der Waals surface area contributed by atoms with Crippen molar-refractivity contribution in [2.75, 3.05) is 5.73 Å². The van der Waals surface area contributed by atoms with Crippen molar-refractivity contribution in [3.05, 3.63) is 11.3 Å². The number of H-pyrrole nitrogens is 1. The molecule has 0 unspecified atom stereocenters. The Balaban J connectivity index is 2.43. The number of nitrogens with zero attached hydrogens (tertiary/aromatic N) is 1. The van der Waals surface area contributed by atoms with E-state index in [1.807, 2.05) is 0 Å². The fraction of sp³-hybridized carbons (Fsp3) is 0.667. The smallest absolute Gasteiger partial charge is 0.148 e. The SMILES string of the molecule is CCc1c(N)n[nH]c1C1(C)CC1. The molecule has 0 bridgehead atoms. The number of aromatic nitrogens is 2. The average molecular weight is 165 g/mol. The van der Waals surface area contributed by atoms with Gasteiger partial charge >= 0.3 is 0 Å². The first-order chi connectivity index (χ1) is 5.67. The Kier molecular flexibility index (Phi) is 1.43. The van der Waals surface area contributed by atoms with Crippen molar-refractivity contribution in [1.82, 2.24) is 10.2 Å². The molecule has 3 heteroatoms. The Labute approximate surface area is 72.4 Å². The van der Waals surface area contributed by atoms with Crippen LogP contribution in [-0.4, -0.2) is 10.2 Å². The van der Waals surface area contributed by atoms with E-state index in [9.17, 15) is 0 Å². The molecule has 1 aliphatic carbocycles. The third-order valence-corrected chi connectivity index (χ3v) is 2.86. The normalized spacial score (nSPS) is 19.5. The second kappa shape index (κ2) is 2.25. The van der Waals surface area contributed by atoms with Crippen LogP contribution in [0.2, 0.25) is 0 Å². The molecule has 0 amide bonds. The van der Waals surface area contributed by atoms with Gasteiger partial charge in [0.2, 0.25) is 0 Å². The number of aromatic amines is 1. The van der Waals surface area contributed by atoms with Crippen LogP contribution >= 0.6 is 0 Å². The maximum atomic E-state index is 5.73. The molecular formula is C9H15N3. The van der Waals surface area contributed by atoms with E-state index < -0.39 is 0 Å². The Morgan fingerprint density at radius 2 is 2.25 bits per heavy atom. The fourth-order valence-electron chi connectivity index (χ4n) is 1.67. The molecule has 0 saturated heterocycles. The van der Waals surface area contributed by atoms with Gasteiger partial charge in [-0.3, -0.25) is 5.10 Å². The van der Waals surface area contributed by atoms with Crippen LogP contribution in [0.3, 0.4) is 0 Å². The lowest BCUT2D eigenvalue weighted by molar-refractivity contribution is 0.731. The summed E-state index contributed by atoms with van der Waals surface area (Å²) in [5, 5.41) is 7.10. The molecule has 0 atom stereocenters. The van der Waals surface area contributed by atoms with Gasteiger partial charge in [0, 0.05) is 16.7 Å². The van der Waals surface area contributed by atoms with Crippen LogP contribution in [0.25, 0.3) is 0 Å². The standard InChI is InChI=1S/C9H15N3/c1-3-6-7(9(2)4-5-9)11-12-8(6)10/h3-5H2,1-2H3,(H3,10,11,12).